The molecule has 9 nitrogen and oxygen atoms in total. The minimum absolute atomic E-state index is 0.0209. The van der Waals surface area contributed by atoms with Gasteiger partial charge in [-0.1, -0.05) is 6.92 Å². The Kier molecular flexibility index (Phi) is 7.40. The van der Waals surface area contributed by atoms with Crippen molar-refractivity contribution in [2.75, 3.05) is 18.5 Å². The van der Waals surface area contributed by atoms with Crippen molar-refractivity contribution in [2.45, 2.75) is 39.7 Å². The normalized spacial score (nSPS) is 11.0. The van der Waals surface area contributed by atoms with Gasteiger partial charge in [-0.3, -0.25) is 10.1 Å². The van der Waals surface area contributed by atoms with E-state index < -0.39 is 23.6 Å². The average Bonchev–Trinajstić information content (AvgIpc) is 2.79. The molecule has 0 unspecified atom stereocenters. The van der Waals surface area contributed by atoms with Crippen LogP contribution in [0.1, 0.15) is 44.6 Å². The molecular weight excluding hydrogens is 396 g/mol. The fourth-order valence-corrected chi connectivity index (χ4v) is 2.07. The van der Waals surface area contributed by atoms with E-state index in [1.807, 2.05) is 6.92 Å². The maximum Gasteiger partial charge on any atom is 0.358 e. The highest BCUT2D eigenvalue weighted by molar-refractivity contribution is 9.10. The Hall–Kier alpha value is -2.10. The summed E-state index contributed by atoms with van der Waals surface area (Å²) in [5, 5.41) is 4.79. The molecule has 0 fully saturated rings. The summed E-state index contributed by atoms with van der Waals surface area (Å²) in [6, 6.07) is -0.692. The molecule has 0 spiro atoms. The number of aromatic nitrogens is 2. The van der Waals surface area contributed by atoms with Gasteiger partial charge in [-0.25, -0.2) is 14.6 Å². The first-order valence-corrected chi connectivity index (χ1v) is 8.56. The Balaban J connectivity index is 2.70. The molecule has 140 valence electrons. The number of ether oxygens (including phenoxy) is 2. The van der Waals surface area contributed by atoms with E-state index in [2.05, 4.69) is 31.5 Å². The first kappa shape index (κ1) is 20.9. The monoisotopic (exact) mass is 418 g/mol. The van der Waals surface area contributed by atoms with Gasteiger partial charge in [0, 0.05) is 7.05 Å². The van der Waals surface area contributed by atoms with Gasteiger partial charge >= 0.3 is 18.0 Å². The molecule has 0 bridgehead atoms. The summed E-state index contributed by atoms with van der Waals surface area (Å²) in [4.78, 5) is 39.7. The van der Waals surface area contributed by atoms with Gasteiger partial charge in [0.25, 0.3) is 0 Å². The van der Waals surface area contributed by atoms with Crippen LogP contribution in [0.4, 0.5) is 10.6 Å². The van der Waals surface area contributed by atoms with Crippen LogP contribution in [-0.2, 0) is 21.3 Å². The molecule has 0 saturated carbocycles. The summed E-state index contributed by atoms with van der Waals surface area (Å²) in [6.07, 6.45) is 0.649. The van der Waals surface area contributed by atoms with E-state index in [0.717, 1.165) is 0 Å². The van der Waals surface area contributed by atoms with Crippen molar-refractivity contribution in [1.29, 1.82) is 0 Å². The minimum Gasteiger partial charge on any atom is -0.461 e. The largest absolute Gasteiger partial charge is 0.461 e. The predicted molar refractivity (Wildman–Crippen MR) is 94.3 cm³/mol. The molecule has 1 heterocycles. The second-order valence-electron chi connectivity index (χ2n) is 5.75. The van der Waals surface area contributed by atoms with Crippen molar-refractivity contribution in [3.63, 3.8) is 0 Å². The highest BCUT2D eigenvalue weighted by atomic mass is 79.9. The molecule has 0 radical (unpaired) electrons. The van der Waals surface area contributed by atoms with Crippen LogP contribution < -0.4 is 10.6 Å². The zero-order chi connectivity index (χ0) is 19.2. The number of anilines is 1. The van der Waals surface area contributed by atoms with E-state index in [9.17, 15) is 14.4 Å². The topological polar surface area (TPSA) is 112 Å². The van der Waals surface area contributed by atoms with Crippen LogP contribution in [0, 0.1) is 0 Å². The minimum atomic E-state index is -0.692. The summed E-state index contributed by atoms with van der Waals surface area (Å²) in [6.45, 7) is 7.00. The number of urea groups is 1. The standard InChI is InChI=1S/C15H23BrN4O5/c1-6-15(3,4)25-9(21)8-17-14(23)19-11-10(12(22)24-7-2)20(5)13(16)18-11/h6-8H2,1-5H3,(H2,17,19,23). The van der Waals surface area contributed by atoms with Crippen molar-refractivity contribution in [1.82, 2.24) is 14.9 Å². The molecule has 1 rings (SSSR count). The molecule has 25 heavy (non-hydrogen) atoms. The van der Waals surface area contributed by atoms with Crippen LogP contribution in [0.25, 0.3) is 0 Å². The summed E-state index contributed by atoms with van der Waals surface area (Å²) in [7, 11) is 1.59. The average molecular weight is 419 g/mol. The van der Waals surface area contributed by atoms with Gasteiger partial charge in [0.05, 0.1) is 6.61 Å². The lowest BCUT2D eigenvalue weighted by Crippen LogP contribution is -2.37. The van der Waals surface area contributed by atoms with E-state index in [0.29, 0.717) is 11.2 Å². The second-order valence-corrected chi connectivity index (χ2v) is 6.46. The van der Waals surface area contributed by atoms with Gasteiger partial charge in [-0.2, -0.15) is 0 Å². The number of esters is 2. The summed E-state index contributed by atoms with van der Waals surface area (Å²) in [5.74, 6) is -1.16. The van der Waals surface area contributed by atoms with Crippen LogP contribution in [0.5, 0.6) is 0 Å². The van der Waals surface area contributed by atoms with Crippen LogP contribution >= 0.6 is 15.9 Å². The molecule has 1 aromatic rings. The number of hydrogen-bond acceptors (Lipinski definition) is 6. The third-order valence-corrected chi connectivity index (χ3v) is 4.09. The Morgan fingerprint density at radius 2 is 1.92 bits per heavy atom. The summed E-state index contributed by atoms with van der Waals surface area (Å²) < 4.78 is 11.9. The van der Waals surface area contributed by atoms with Crippen LogP contribution in [0.2, 0.25) is 0 Å². The van der Waals surface area contributed by atoms with Crippen molar-refractivity contribution in [3.8, 4) is 0 Å². The van der Waals surface area contributed by atoms with Crippen LogP contribution in [-0.4, -0.2) is 46.3 Å². The number of nitrogens with zero attached hydrogens (tertiary/aromatic N) is 2. The van der Waals surface area contributed by atoms with Crippen molar-refractivity contribution >= 4 is 39.7 Å². The lowest BCUT2D eigenvalue weighted by molar-refractivity contribution is -0.155. The zero-order valence-corrected chi connectivity index (χ0v) is 16.5. The Morgan fingerprint density at radius 1 is 1.28 bits per heavy atom. The second kappa shape index (κ2) is 8.84. The van der Waals surface area contributed by atoms with E-state index >= 15 is 0 Å². The number of carbonyl (C=O) groups is 3. The number of carbonyl (C=O) groups excluding carboxylic acids is 3. The molecule has 0 atom stereocenters. The smallest absolute Gasteiger partial charge is 0.358 e. The number of halogens is 1. The Labute approximate surface area is 154 Å². The zero-order valence-electron chi connectivity index (χ0n) is 14.9. The van der Waals surface area contributed by atoms with Crippen molar-refractivity contribution < 1.29 is 23.9 Å². The lowest BCUT2D eigenvalue weighted by Gasteiger charge is -2.23. The number of amides is 2. The quantitative estimate of drug-likeness (QED) is 0.656. The van der Waals surface area contributed by atoms with Crippen molar-refractivity contribution in [2.24, 2.45) is 7.05 Å². The van der Waals surface area contributed by atoms with Gasteiger partial charge < -0.3 is 19.4 Å². The Morgan fingerprint density at radius 3 is 2.48 bits per heavy atom. The predicted octanol–water partition coefficient (Wildman–Crippen LogP) is 2.21. The highest BCUT2D eigenvalue weighted by Crippen LogP contribution is 2.21. The van der Waals surface area contributed by atoms with Gasteiger partial charge in [0.1, 0.15) is 12.1 Å². The number of rotatable bonds is 7. The van der Waals surface area contributed by atoms with E-state index in [-0.39, 0.29) is 24.7 Å². The molecule has 0 aliphatic rings. The highest BCUT2D eigenvalue weighted by Gasteiger charge is 2.24. The van der Waals surface area contributed by atoms with E-state index in [1.165, 1.54) is 4.57 Å². The molecule has 0 aliphatic heterocycles. The van der Waals surface area contributed by atoms with E-state index in [4.69, 9.17) is 9.47 Å². The molecule has 0 aliphatic carbocycles. The maximum atomic E-state index is 12.0. The lowest BCUT2D eigenvalue weighted by atomic mass is 10.1. The van der Waals surface area contributed by atoms with Crippen molar-refractivity contribution in [3.05, 3.63) is 10.4 Å². The molecule has 10 heteroatoms. The van der Waals surface area contributed by atoms with Gasteiger partial charge in [-0.15, -0.1) is 0 Å². The fraction of sp³-hybridized carbons (Fsp3) is 0.600. The number of hydrogen-bond donors (Lipinski definition) is 2. The number of nitrogens with one attached hydrogen (secondary N) is 2. The summed E-state index contributed by atoms with van der Waals surface area (Å²) >= 11 is 3.18. The molecule has 1 aromatic heterocycles. The van der Waals surface area contributed by atoms with Crippen LogP contribution in [0.15, 0.2) is 4.73 Å². The third-order valence-electron chi connectivity index (χ3n) is 3.38. The van der Waals surface area contributed by atoms with E-state index in [1.54, 1.807) is 27.8 Å². The molecule has 0 aromatic carbocycles. The summed E-state index contributed by atoms with van der Waals surface area (Å²) in [5.41, 5.74) is -0.517. The number of imidazole rings is 1. The third kappa shape index (κ3) is 6.04. The fourth-order valence-electron chi connectivity index (χ4n) is 1.71. The molecule has 2 N–H and O–H groups in total. The first-order valence-electron chi connectivity index (χ1n) is 7.77. The molecule has 2 amide bonds. The van der Waals surface area contributed by atoms with Gasteiger partial charge in [-0.05, 0) is 43.1 Å². The van der Waals surface area contributed by atoms with Crippen LogP contribution in [0.3, 0.4) is 0 Å². The maximum absolute atomic E-state index is 12.0. The SMILES string of the molecule is CCOC(=O)c1c(NC(=O)NCC(=O)OC(C)(C)CC)nc(Br)n1C. The Bertz CT molecular complexity index is 657. The molecular formula is C15H23BrN4O5. The van der Waals surface area contributed by atoms with Gasteiger partial charge in [0.2, 0.25) is 0 Å². The molecule has 0 saturated heterocycles. The van der Waals surface area contributed by atoms with Gasteiger partial charge in [0.15, 0.2) is 16.2 Å². The first-order chi connectivity index (χ1) is 11.6.